The molecule has 27 heavy (non-hydrogen) atoms. The molecule has 1 aliphatic rings. The number of hydrogen-bond donors (Lipinski definition) is 1. The zero-order valence-electron chi connectivity index (χ0n) is 15.1. The summed E-state index contributed by atoms with van der Waals surface area (Å²) in [5.41, 5.74) is 0.913. The summed E-state index contributed by atoms with van der Waals surface area (Å²) in [5.74, 6) is 1.25. The van der Waals surface area contributed by atoms with Gasteiger partial charge in [0, 0.05) is 26.6 Å². The first kappa shape index (κ1) is 19.2. The SMILES string of the molecule is CN(CCCC(=O)NCc1ccc2c(c1)OCO2)S(=O)(=O)c1ccccc1. The first-order valence-corrected chi connectivity index (χ1v) is 10.1. The molecule has 2 aromatic carbocycles. The van der Waals surface area contributed by atoms with Crippen molar-refractivity contribution in [1.82, 2.24) is 9.62 Å². The minimum absolute atomic E-state index is 0.127. The van der Waals surface area contributed by atoms with Gasteiger partial charge in [-0.25, -0.2) is 12.7 Å². The van der Waals surface area contributed by atoms with Crippen molar-refractivity contribution in [2.75, 3.05) is 20.4 Å². The minimum Gasteiger partial charge on any atom is -0.454 e. The van der Waals surface area contributed by atoms with Crippen LogP contribution in [-0.2, 0) is 21.4 Å². The number of ether oxygens (including phenoxy) is 2. The van der Waals surface area contributed by atoms with Crippen LogP contribution >= 0.6 is 0 Å². The third-order valence-electron chi connectivity index (χ3n) is 4.25. The summed E-state index contributed by atoms with van der Waals surface area (Å²) >= 11 is 0. The van der Waals surface area contributed by atoms with Crippen LogP contribution in [0.4, 0.5) is 0 Å². The van der Waals surface area contributed by atoms with Gasteiger partial charge in [0.15, 0.2) is 11.5 Å². The van der Waals surface area contributed by atoms with Crippen molar-refractivity contribution in [3.63, 3.8) is 0 Å². The second kappa shape index (κ2) is 8.41. The highest BCUT2D eigenvalue weighted by Crippen LogP contribution is 2.32. The van der Waals surface area contributed by atoms with Crippen LogP contribution in [0.25, 0.3) is 0 Å². The molecular formula is C19H22N2O5S. The van der Waals surface area contributed by atoms with Crippen molar-refractivity contribution in [2.24, 2.45) is 0 Å². The van der Waals surface area contributed by atoms with E-state index in [0.717, 1.165) is 5.56 Å². The number of nitrogens with zero attached hydrogens (tertiary/aromatic N) is 1. The Morgan fingerprint density at radius 3 is 2.63 bits per heavy atom. The van der Waals surface area contributed by atoms with Crippen LogP contribution in [0.3, 0.4) is 0 Å². The van der Waals surface area contributed by atoms with Crippen LogP contribution in [0.2, 0.25) is 0 Å². The van der Waals surface area contributed by atoms with E-state index >= 15 is 0 Å². The maximum atomic E-state index is 12.4. The van der Waals surface area contributed by atoms with Gasteiger partial charge >= 0.3 is 0 Å². The van der Waals surface area contributed by atoms with Crippen LogP contribution in [0, 0.1) is 0 Å². The molecule has 0 aromatic heterocycles. The van der Waals surface area contributed by atoms with Crippen LogP contribution in [0.1, 0.15) is 18.4 Å². The Morgan fingerprint density at radius 2 is 1.85 bits per heavy atom. The number of rotatable bonds is 8. The maximum absolute atomic E-state index is 12.4. The first-order valence-electron chi connectivity index (χ1n) is 8.63. The Balaban J connectivity index is 1.43. The molecule has 144 valence electrons. The summed E-state index contributed by atoms with van der Waals surface area (Å²) < 4.78 is 36.7. The molecule has 0 saturated carbocycles. The van der Waals surface area contributed by atoms with Gasteiger partial charge in [0.1, 0.15) is 0 Å². The van der Waals surface area contributed by atoms with Gasteiger partial charge < -0.3 is 14.8 Å². The highest BCUT2D eigenvalue weighted by Gasteiger charge is 2.20. The Morgan fingerprint density at radius 1 is 1.11 bits per heavy atom. The van der Waals surface area contributed by atoms with Gasteiger partial charge in [-0.15, -0.1) is 0 Å². The topological polar surface area (TPSA) is 84.9 Å². The van der Waals surface area contributed by atoms with Crippen LogP contribution in [0.15, 0.2) is 53.4 Å². The Kier molecular flexibility index (Phi) is 5.98. The summed E-state index contributed by atoms with van der Waals surface area (Å²) in [6.07, 6.45) is 0.689. The monoisotopic (exact) mass is 390 g/mol. The molecule has 0 fully saturated rings. The smallest absolute Gasteiger partial charge is 0.242 e. The summed E-state index contributed by atoms with van der Waals surface area (Å²) in [5, 5.41) is 2.83. The zero-order chi connectivity index (χ0) is 19.3. The summed E-state index contributed by atoms with van der Waals surface area (Å²) in [6.45, 7) is 0.868. The van der Waals surface area contributed by atoms with E-state index < -0.39 is 10.0 Å². The highest BCUT2D eigenvalue weighted by molar-refractivity contribution is 7.89. The lowest BCUT2D eigenvalue weighted by molar-refractivity contribution is -0.121. The third-order valence-corrected chi connectivity index (χ3v) is 6.13. The number of amides is 1. The maximum Gasteiger partial charge on any atom is 0.242 e. The summed E-state index contributed by atoms with van der Waals surface area (Å²) in [6, 6.07) is 13.8. The van der Waals surface area contributed by atoms with E-state index in [2.05, 4.69) is 5.32 Å². The van der Waals surface area contributed by atoms with Gasteiger partial charge in [0.05, 0.1) is 4.90 Å². The average molecular weight is 390 g/mol. The van der Waals surface area contributed by atoms with E-state index in [1.807, 2.05) is 18.2 Å². The molecule has 0 spiro atoms. The van der Waals surface area contributed by atoms with Crippen molar-refractivity contribution in [2.45, 2.75) is 24.3 Å². The van der Waals surface area contributed by atoms with Gasteiger partial charge in [-0.2, -0.15) is 0 Å². The van der Waals surface area contributed by atoms with E-state index in [1.165, 1.54) is 11.4 Å². The predicted molar refractivity (Wildman–Crippen MR) is 99.9 cm³/mol. The fourth-order valence-corrected chi connectivity index (χ4v) is 3.93. The molecule has 0 atom stereocenters. The van der Waals surface area contributed by atoms with E-state index in [9.17, 15) is 13.2 Å². The molecular weight excluding hydrogens is 368 g/mol. The van der Waals surface area contributed by atoms with Crippen molar-refractivity contribution >= 4 is 15.9 Å². The molecule has 0 aliphatic carbocycles. The molecule has 1 N–H and O–H groups in total. The van der Waals surface area contributed by atoms with Crippen LogP contribution < -0.4 is 14.8 Å². The standard InChI is InChI=1S/C19H22N2O5S/c1-21(27(23,24)16-6-3-2-4-7-16)11-5-8-19(22)20-13-15-9-10-17-18(12-15)26-14-25-17/h2-4,6-7,9-10,12H,5,8,11,13-14H2,1H3,(H,20,22). The van der Waals surface area contributed by atoms with Crippen LogP contribution in [0.5, 0.6) is 11.5 Å². The third kappa shape index (κ3) is 4.78. The lowest BCUT2D eigenvalue weighted by Gasteiger charge is -2.17. The second-order valence-electron chi connectivity index (χ2n) is 6.21. The predicted octanol–water partition coefficient (Wildman–Crippen LogP) is 2.13. The van der Waals surface area contributed by atoms with Gasteiger partial charge in [0.2, 0.25) is 22.7 Å². The van der Waals surface area contributed by atoms with Crippen molar-refractivity contribution in [3.05, 3.63) is 54.1 Å². The fraction of sp³-hybridized carbons (Fsp3) is 0.316. The molecule has 1 heterocycles. The Labute approximate surface area is 158 Å². The number of carbonyl (C=O) groups excluding carboxylic acids is 1. The fourth-order valence-electron chi connectivity index (χ4n) is 2.69. The second-order valence-corrected chi connectivity index (χ2v) is 8.25. The lowest BCUT2D eigenvalue weighted by atomic mass is 10.2. The van der Waals surface area contributed by atoms with Crippen molar-refractivity contribution in [1.29, 1.82) is 0 Å². The summed E-state index contributed by atoms with van der Waals surface area (Å²) in [4.78, 5) is 12.3. The molecule has 8 heteroatoms. The van der Waals surface area contributed by atoms with E-state index in [4.69, 9.17) is 9.47 Å². The summed E-state index contributed by atoms with van der Waals surface area (Å²) in [7, 11) is -2.00. The van der Waals surface area contributed by atoms with Crippen LogP contribution in [-0.4, -0.2) is 39.0 Å². The molecule has 0 saturated heterocycles. The quantitative estimate of drug-likeness (QED) is 0.746. The van der Waals surface area contributed by atoms with E-state index in [0.29, 0.717) is 24.5 Å². The molecule has 7 nitrogen and oxygen atoms in total. The molecule has 0 unspecified atom stereocenters. The normalized spacial score (nSPS) is 13.0. The number of nitrogens with one attached hydrogen (secondary N) is 1. The average Bonchev–Trinajstić information content (AvgIpc) is 3.14. The van der Waals surface area contributed by atoms with Crippen molar-refractivity contribution in [3.8, 4) is 11.5 Å². The lowest BCUT2D eigenvalue weighted by Crippen LogP contribution is -2.29. The first-order chi connectivity index (χ1) is 13.0. The molecule has 1 aliphatic heterocycles. The van der Waals surface area contributed by atoms with Gasteiger partial charge in [-0.3, -0.25) is 4.79 Å². The van der Waals surface area contributed by atoms with Gasteiger partial charge in [0.25, 0.3) is 0 Å². The Hall–Kier alpha value is -2.58. The highest BCUT2D eigenvalue weighted by atomic mass is 32.2. The number of benzene rings is 2. The molecule has 3 rings (SSSR count). The van der Waals surface area contributed by atoms with Gasteiger partial charge in [-0.05, 0) is 36.2 Å². The minimum atomic E-state index is -3.52. The van der Waals surface area contributed by atoms with Crippen molar-refractivity contribution < 1.29 is 22.7 Å². The molecule has 1 amide bonds. The number of carbonyl (C=O) groups is 1. The van der Waals surface area contributed by atoms with E-state index in [-0.39, 0.29) is 30.6 Å². The molecule has 0 radical (unpaired) electrons. The Bertz CT molecular complexity index is 900. The largest absolute Gasteiger partial charge is 0.454 e. The van der Waals surface area contributed by atoms with Gasteiger partial charge in [-0.1, -0.05) is 24.3 Å². The zero-order valence-corrected chi connectivity index (χ0v) is 15.9. The van der Waals surface area contributed by atoms with E-state index in [1.54, 1.807) is 30.3 Å². The number of sulfonamides is 1. The number of fused-ring (bicyclic) bond motifs is 1. The molecule has 2 aromatic rings. The number of hydrogen-bond acceptors (Lipinski definition) is 5. The molecule has 0 bridgehead atoms.